The molecule has 5 rings (SSSR count). The lowest BCUT2D eigenvalue weighted by molar-refractivity contribution is 0.292. The summed E-state index contributed by atoms with van der Waals surface area (Å²) < 4.78 is 21.7. The predicted molar refractivity (Wildman–Crippen MR) is 115 cm³/mol. The van der Waals surface area contributed by atoms with Crippen molar-refractivity contribution in [3.8, 4) is 39.9 Å². The van der Waals surface area contributed by atoms with Crippen molar-refractivity contribution in [2.24, 2.45) is 0 Å². The highest BCUT2D eigenvalue weighted by Gasteiger charge is 2.26. The topological polar surface area (TPSA) is 67.9 Å². The smallest absolute Gasteiger partial charge is 0.263 e. The quantitative estimate of drug-likeness (QED) is 0.443. The van der Waals surface area contributed by atoms with Crippen LogP contribution in [0.2, 0.25) is 5.02 Å². The van der Waals surface area contributed by atoms with Crippen LogP contribution in [-0.2, 0) is 6.61 Å². The third-order valence-corrected chi connectivity index (χ3v) is 5.41. The molecule has 1 aliphatic rings. The van der Waals surface area contributed by atoms with E-state index in [0.717, 1.165) is 0 Å². The molecule has 4 aromatic rings. The number of halogens is 2. The van der Waals surface area contributed by atoms with Crippen molar-refractivity contribution in [1.82, 2.24) is 9.55 Å². The molecule has 150 valence electrons. The first kappa shape index (κ1) is 19.0. The van der Waals surface area contributed by atoms with E-state index >= 15 is 0 Å². The second-order valence-corrected chi connectivity index (χ2v) is 7.39. The highest BCUT2D eigenvalue weighted by molar-refractivity contribution is 6.30. The second kappa shape index (κ2) is 7.38. The van der Waals surface area contributed by atoms with Gasteiger partial charge in [0.1, 0.15) is 29.9 Å². The van der Waals surface area contributed by atoms with E-state index in [9.17, 15) is 14.4 Å². The Kier molecular flexibility index (Phi) is 4.54. The number of fused-ring (bicyclic) bond motifs is 3. The van der Waals surface area contributed by atoms with Crippen LogP contribution < -0.4 is 10.3 Å². The van der Waals surface area contributed by atoms with Crippen molar-refractivity contribution in [1.29, 1.82) is 5.26 Å². The fourth-order valence-corrected chi connectivity index (χ4v) is 3.98. The standard InChI is InChI=1S/C24H13ClFN3O2/c25-14-4-1-5-15(10-14)29-21-13-31-22-8-3-9-28-23(22)18(21)11-17(24(29)30)16-6-2-7-20(26)19(16)12-27/h1-11H,13H2. The molecule has 3 heterocycles. The summed E-state index contributed by atoms with van der Waals surface area (Å²) in [6.07, 6.45) is 1.63. The molecular weight excluding hydrogens is 417 g/mol. The molecular formula is C24H13ClFN3O2. The van der Waals surface area contributed by atoms with Gasteiger partial charge in [-0.05, 0) is 42.5 Å². The first-order chi connectivity index (χ1) is 15.1. The zero-order chi connectivity index (χ0) is 21.5. The molecule has 2 aromatic carbocycles. The molecule has 1 aliphatic heterocycles. The van der Waals surface area contributed by atoms with Crippen LogP contribution in [0.1, 0.15) is 11.3 Å². The van der Waals surface area contributed by atoms with Gasteiger partial charge in [0.2, 0.25) is 0 Å². The van der Waals surface area contributed by atoms with Crippen molar-refractivity contribution in [2.75, 3.05) is 0 Å². The number of rotatable bonds is 2. The van der Waals surface area contributed by atoms with Gasteiger partial charge in [0.05, 0.1) is 16.9 Å². The lowest BCUT2D eigenvalue weighted by atomic mass is 9.96. The van der Waals surface area contributed by atoms with E-state index in [-0.39, 0.29) is 23.3 Å². The monoisotopic (exact) mass is 429 g/mol. The van der Waals surface area contributed by atoms with E-state index in [1.54, 1.807) is 54.7 Å². The maximum atomic E-state index is 14.3. The Labute approximate surface area is 181 Å². The van der Waals surface area contributed by atoms with Crippen LogP contribution in [-0.4, -0.2) is 9.55 Å². The van der Waals surface area contributed by atoms with Crippen LogP contribution in [0.5, 0.6) is 5.75 Å². The number of aromatic nitrogens is 2. The first-order valence-electron chi connectivity index (χ1n) is 9.40. The predicted octanol–water partition coefficient (Wildman–Crippen LogP) is 5.12. The Bertz CT molecular complexity index is 1460. The highest BCUT2D eigenvalue weighted by Crippen LogP contribution is 2.38. The summed E-state index contributed by atoms with van der Waals surface area (Å²) in [5, 5.41) is 9.98. The highest BCUT2D eigenvalue weighted by atomic mass is 35.5. The Morgan fingerprint density at radius 3 is 2.71 bits per heavy atom. The molecule has 0 spiro atoms. The van der Waals surface area contributed by atoms with Gasteiger partial charge in [0.25, 0.3) is 5.56 Å². The van der Waals surface area contributed by atoms with E-state index in [0.29, 0.717) is 33.4 Å². The summed E-state index contributed by atoms with van der Waals surface area (Å²) in [5.41, 5.74) is 2.17. The van der Waals surface area contributed by atoms with Crippen LogP contribution in [0.4, 0.5) is 4.39 Å². The average Bonchev–Trinajstić information content (AvgIpc) is 2.78. The van der Waals surface area contributed by atoms with Gasteiger partial charge < -0.3 is 4.74 Å². The third kappa shape index (κ3) is 3.07. The van der Waals surface area contributed by atoms with Crippen LogP contribution in [0, 0.1) is 17.1 Å². The number of ether oxygens (including phenoxy) is 1. The van der Waals surface area contributed by atoms with E-state index in [4.69, 9.17) is 16.3 Å². The minimum Gasteiger partial charge on any atom is -0.485 e. The van der Waals surface area contributed by atoms with Crippen LogP contribution in [0.25, 0.3) is 28.1 Å². The molecule has 0 atom stereocenters. The van der Waals surface area contributed by atoms with Gasteiger partial charge in [0.15, 0.2) is 0 Å². The minimum absolute atomic E-state index is 0.143. The fraction of sp³-hybridized carbons (Fsp3) is 0.0417. The van der Waals surface area contributed by atoms with Gasteiger partial charge in [-0.25, -0.2) is 4.39 Å². The molecule has 0 bridgehead atoms. The number of nitrogens with zero attached hydrogens (tertiary/aromatic N) is 3. The first-order valence-corrected chi connectivity index (χ1v) is 9.78. The van der Waals surface area contributed by atoms with Crippen LogP contribution in [0.3, 0.4) is 0 Å². The van der Waals surface area contributed by atoms with Gasteiger partial charge in [-0.3, -0.25) is 14.3 Å². The molecule has 0 radical (unpaired) electrons. The lowest BCUT2D eigenvalue weighted by Crippen LogP contribution is -2.27. The summed E-state index contributed by atoms with van der Waals surface area (Å²) in [6, 6.07) is 18.2. The molecule has 0 saturated heterocycles. The third-order valence-electron chi connectivity index (χ3n) is 5.18. The molecule has 0 fully saturated rings. The summed E-state index contributed by atoms with van der Waals surface area (Å²) in [7, 11) is 0. The van der Waals surface area contributed by atoms with Gasteiger partial charge in [-0.15, -0.1) is 0 Å². The summed E-state index contributed by atoms with van der Waals surface area (Å²) in [4.78, 5) is 18.1. The molecule has 0 aliphatic carbocycles. The van der Waals surface area contributed by atoms with E-state index < -0.39 is 11.4 Å². The maximum absolute atomic E-state index is 14.3. The molecule has 5 nitrogen and oxygen atoms in total. The van der Waals surface area contributed by atoms with E-state index in [1.807, 2.05) is 6.07 Å². The number of pyridine rings is 2. The molecule has 0 saturated carbocycles. The Morgan fingerprint density at radius 1 is 1.06 bits per heavy atom. The Balaban J connectivity index is 1.91. The van der Waals surface area contributed by atoms with E-state index in [2.05, 4.69) is 4.98 Å². The van der Waals surface area contributed by atoms with Crippen molar-refractivity contribution >= 4 is 11.6 Å². The van der Waals surface area contributed by atoms with Crippen LogP contribution >= 0.6 is 11.6 Å². The molecule has 7 heteroatoms. The van der Waals surface area contributed by atoms with Crippen molar-refractivity contribution in [3.63, 3.8) is 0 Å². The van der Waals surface area contributed by atoms with E-state index in [1.165, 1.54) is 16.7 Å². The molecule has 2 aromatic heterocycles. The Hall–Kier alpha value is -3.95. The number of benzene rings is 2. The SMILES string of the molecule is N#Cc1c(F)cccc1-c1cc2c(n(-c3cccc(Cl)c3)c1=O)COc1cccnc1-2. The molecule has 0 N–H and O–H groups in total. The molecule has 31 heavy (non-hydrogen) atoms. The molecule has 0 unspecified atom stereocenters. The van der Waals surface area contributed by atoms with Gasteiger partial charge in [-0.1, -0.05) is 29.8 Å². The lowest BCUT2D eigenvalue weighted by Gasteiger charge is -2.24. The molecule has 0 amide bonds. The van der Waals surface area contributed by atoms with Crippen LogP contribution in [0.15, 0.2) is 71.7 Å². The summed E-state index contributed by atoms with van der Waals surface area (Å²) >= 11 is 6.18. The zero-order valence-corrected chi connectivity index (χ0v) is 16.7. The van der Waals surface area contributed by atoms with Gasteiger partial charge in [0, 0.05) is 27.9 Å². The fourth-order valence-electron chi connectivity index (χ4n) is 3.80. The van der Waals surface area contributed by atoms with Gasteiger partial charge >= 0.3 is 0 Å². The van der Waals surface area contributed by atoms with Gasteiger partial charge in [-0.2, -0.15) is 5.26 Å². The number of nitriles is 1. The summed E-state index contributed by atoms with van der Waals surface area (Å²) in [6.45, 7) is 0.143. The summed E-state index contributed by atoms with van der Waals surface area (Å²) in [5.74, 6) is -0.106. The largest absolute Gasteiger partial charge is 0.485 e. The maximum Gasteiger partial charge on any atom is 0.263 e. The van der Waals surface area contributed by atoms with Crippen molar-refractivity contribution in [3.05, 3.63) is 99.3 Å². The zero-order valence-electron chi connectivity index (χ0n) is 16.0. The van der Waals surface area contributed by atoms with Crippen molar-refractivity contribution < 1.29 is 9.13 Å². The second-order valence-electron chi connectivity index (χ2n) is 6.95. The normalized spacial score (nSPS) is 11.8. The minimum atomic E-state index is -0.687. The number of hydrogen-bond donors (Lipinski definition) is 0. The van der Waals surface area contributed by atoms with Crippen molar-refractivity contribution in [2.45, 2.75) is 6.61 Å². The number of hydrogen-bond acceptors (Lipinski definition) is 4. The average molecular weight is 430 g/mol. The Morgan fingerprint density at radius 2 is 1.90 bits per heavy atom.